The summed E-state index contributed by atoms with van der Waals surface area (Å²) in [6.45, 7) is 0.943. The molecule has 2 aliphatic rings. The van der Waals surface area contributed by atoms with Crippen LogP contribution in [-0.4, -0.2) is 18.8 Å². The van der Waals surface area contributed by atoms with Crippen LogP contribution in [0.3, 0.4) is 0 Å². The van der Waals surface area contributed by atoms with Gasteiger partial charge in [-0.3, -0.25) is 0 Å². The molecule has 0 amide bonds. The largest absolute Gasteiger partial charge is 0.310 e. The number of fused-ring (bicyclic) bond motifs is 1. The highest BCUT2D eigenvalue weighted by molar-refractivity contribution is 5.16. The smallest absolute Gasteiger partial charge is 0.124 e. The average molecular weight is 127 g/mol. The molecule has 1 unspecified atom stereocenters. The molecule has 0 aromatic carbocycles. The van der Waals surface area contributed by atoms with E-state index in [-0.39, 0.29) is 12.0 Å². The van der Waals surface area contributed by atoms with Gasteiger partial charge in [-0.2, -0.15) is 0 Å². The summed E-state index contributed by atoms with van der Waals surface area (Å²) in [6, 6.07) is 0.156. The topological polar surface area (TPSA) is 12.0 Å². The van der Waals surface area contributed by atoms with Crippen molar-refractivity contribution in [2.75, 3.05) is 6.54 Å². The lowest BCUT2D eigenvalue weighted by Crippen LogP contribution is -2.19. The highest BCUT2D eigenvalue weighted by Gasteiger charge is 2.49. The van der Waals surface area contributed by atoms with Gasteiger partial charge < -0.3 is 5.32 Å². The van der Waals surface area contributed by atoms with Crippen LogP contribution in [0.1, 0.15) is 6.42 Å². The van der Waals surface area contributed by atoms with Crippen LogP contribution in [0.5, 0.6) is 0 Å². The van der Waals surface area contributed by atoms with E-state index in [0.29, 0.717) is 0 Å². The second kappa shape index (κ2) is 1.81. The fourth-order valence-corrected chi connectivity index (χ4v) is 1.36. The zero-order valence-electron chi connectivity index (χ0n) is 5.18. The molecule has 0 aromatic heterocycles. The van der Waals surface area contributed by atoms with Gasteiger partial charge in [-0.05, 0) is 13.0 Å². The monoisotopic (exact) mass is 127 g/mol. The van der Waals surface area contributed by atoms with Gasteiger partial charge in [0.05, 0.1) is 0 Å². The molecule has 3 atom stereocenters. The molecular formula is C7H10FN. The minimum Gasteiger partial charge on any atom is -0.310 e. The highest BCUT2D eigenvalue weighted by Crippen LogP contribution is 2.36. The molecule has 0 bridgehead atoms. The summed E-state index contributed by atoms with van der Waals surface area (Å²) in [7, 11) is 0. The van der Waals surface area contributed by atoms with Crippen LogP contribution < -0.4 is 5.32 Å². The average Bonchev–Trinajstić information content (AvgIpc) is 2.51. The van der Waals surface area contributed by atoms with Gasteiger partial charge in [0.15, 0.2) is 0 Å². The molecule has 0 radical (unpaired) electrons. The third-order valence-electron chi connectivity index (χ3n) is 2.03. The van der Waals surface area contributed by atoms with E-state index in [1.807, 2.05) is 6.08 Å². The first-order valence-electron chi connectivity index (χ1n) is 3.44. The van der Waals surface area contributed by atoms with Crippen LogP contribution in [0, 0.1) is 5.92 Å². The van der Waals surface area contributed by atoms with Gasteiger partial charge in [-0.15, -0.1) is 0 Å². The Bertz CT molecular complexity index is 144. The number of hydrogen-bond donors (Lipinski definition) is 1. The summed E-state index contributed by atoms with van der Waals surface area (Å²) in [4.78, 5) is 0. The van der Waals surface area contributed by atoms with Gasteiger partial charge in [0.2, 0.25) is 0 Å². The van der Waals surface area contributed by atoms with Crippen molar-refractivity contribution < 1.29 is 4.39 Å². The van der Waals surface area contributed by atoms with E-state index in [0.717, 1.165) is 13.0 Å². The molecule has 1 aliphatic heterocycles. The van der Waals surface area contributed by atoms with Gasteiger partial charge in [0.25, 0.3) is 0 Å². The predicted molar refractivity (Wildman–Crippen MR) is 33.9 cm³/mol. The number of rotatable bonds is 0. The highest BCUT2D eigenvalue weighted by atomic mass is 19.1. The van der Waals surface area contributed by atoms with Crippen LogP contribution in [0.15, 0.2) is 12.2 Å². The maximum Gasteiger partial charge on any atom is 0.124 e. The molecule has 1 aliphatic carbocycles. The van der Waals surface area contributed by atoms with E-state index < -0.39 is 6.17 Å². The Balaban J connectivity index is 2.05. The van der Waals surface area contributed by atoms with Crippen molar-refractivity contribution in [1.29, 1.82) is 0 Å². The first-order valence-corrected chi connectivity index (χ1v) is 3.44. The van der Waals surface area contributed by atoms with Crippen molar-refractivity contribution in [3.8, 4) is 0 Å². The molecule has 0 saturated heterocycles. The van der Waals surface area contributed by atoms with Gasteiger partial charge in [-0.1, -0.05) is 12.2 Å². The second-order valence-corrected chi connectivity index (χ2v) is 2.72. The van der Waals surface area contributed by atoms with Gasteiger partial charge in [0.1, 0.15) is 6.17 Å². The summed E-state index contributed by atoms with van der Waals surface area (Å²) in [5.74, 6) is 0.201. The van der Waals surface area contributed by atoms with E-state index in [1.54, 1.807) is 0 Å². The zero-order valence-corrected chi connectivity index (χ0v) is 5.18. The maximum atomic E-state index is 12.5. The Morgan fingerprint density at radius 2 is 2.44 bits per heavy atom. The van der Waals surface area contributed by atoms with E-state index >= 15 is 0 Å². The molecular weight excluding hydrogens is 117 g/mol. The van der Waals surface area contributed by atoms with Crippen molar-refractivity contribution in [2.24, 2.45) is 5.92 Å². The third kappa shape index (κ3) is 0.778. The summed E-state index contributed by atoms with van der Waals surface area (Å²) >= 11 is 0. The minimum absolute atomic E-state index is 0.156. The van der Waals surface area contributed by atoms with E-state index in [9.17, 15) is 4.39 Å². The van der Waals surface area contributed by atoms with Crippen LogP contribution >= 0.6 is 0 Å². The van der Waals surface area contributed by atoms with Crippen LogP contribution in [0.2, 0.25) is 0 Å². The standard InChI is InChI=1S/C7H10FN/c8-6-5-3-1-2-4-9-7(5)6/h1,3,5-7,9H,2,4H2/t5?,6-,7-/m0/s1. The van der Waals surface area contributed by atoms with Crippen LogP contribution in [0.4, 0.5) is 4.39 Å². The normalized spacial score (nSPS) is 47.9. The van der Waals surface area contributed by atoms with Gasteiger partial charge in [0, 0.05) is 12.0 Å². The van der Waals surface area contributed by atoms with Gasteiger partial charge in [-0.25, -0.2) is 4.39 Å². The van der Waals surface area contributed by atoms with E-state index in [4.69, 9.17) is 0 Å². The van der Waals surface area contributed by atoms with Gasteiger partial charge >= 0.3 is 0 Å². The number of alkyl halides is 1. The molecule has 0 spiro atoms. The lowest BCUT2D eigenvalue weighted by molar-refractivity contribution is 0.438. The molecule has 2 heteroatoms. The first kappa shape index (κ1) is 5.42. The molecule has 0 aromatic rings. The van der Waals surface area contributed by atoms with Crippen molar-refractivity contribution in [3.05, 3.63) is 12.2 Å². The maximum absolute atomic E-state index is 12.5. The fourth-order valence-electron chi connectivity index (χ4n) is 1.36. The van der Waals surface area contributed by atoms with E-state index in [1.165, 1.54) is 0 Å². The molecule has 1 fully saturated rings. The second-order valence-electron chi connectivity index (χ2n) is 2.72. The summed E-state index contributed by atoms with van der Waals surface area (Å²) in [5.41, 5.74) is 0. The summed E-state index contributed by atoms with van der Waals surface area (Å²) in [5, 5.41) is 3.13. The number of nitrogens with one attached hydrogen (secondary N) is 1. The molecule has 1 N–H and O–H groups in total. The molecule has 50 valence electrons. The molecule has 1 nitrogen and oxygen atoms in total. The molecule has 2 rings (SSSR count). The Morgan fingerprint density at radius 1 is 1.56 bits per heavy atom. The predicted octanol–water partition coefficient (Wildman–Crippen LogP) is 0.872. The van der Waals surface area contributed by atoms with Crippen LogP contribution in [-0.2, 0) is 0 Å². The van der Waals surface area contributed by atoms with Crippen molar-refractivity contribution >= 4 is 0 Å². The quantitative estimate of drug-likeness (QED) is 0.476. The Hall–Kier alpha value is -0.370. The lowest BCUT2D eigenvalue weighted by Gasteiger charge is -1.94. The van der Waals surface area contributed by atoms with Crippen molar-refractivity contribution in [1.82, 2.24) is 5.32 Å². The molecule has 1 saturated carbocycles. The Kier molecular flexibility index (Phi) is 1.09. The summed E-state index contributed by atoms with van der Waals surface area (Å²) < 4.78 is 12.5. The van der Waals surface area contributed by atoms with E-state index in [2.05, 4.69) is 11.4 Å². The van der Waals surface area contributed by atoms with Crippen LogP contribution in [0.25, 0.3) is 0 Å². The molecule has 9 heavy (non-hydrogen) atoms. The lowest BCUT2D eigenvalue weighted by atomic mass is 10.3. The Morgan fingerprint density at radius 3 is 3.33 bits per heavy atom. The molecule has 1 heterocycles. The zero-order chi connectivity index (χ0) is 6.27. The number of hydrogen-bond acceptors (Lipinski definition) is 1. The van der Waals surface area contributed by atoms with Crippen molar-refractivity contribution in [2.45, 2.75) is 18.6 Å². The summed E-state index contributed by atoms with van der Waals surface area (Å²) in [6.07, 6.45) is 4.52. The third-order valence-corrected chi connectivity index (χ3v) is 2.03. The first-order chi connectivity index (χ1) is 4.39. The minimum atomic E-state index is -0.596. The SMILES string of the molecule is F[C@H]1C2C=CCCN[C@@H]21. The number of halogens is 1. The van der Waals surface area contributed by atoms with Crippen molar-refractivity contribution in [3.63, 3.8) is 0 Å². The Labute approximate surface area is 53.9 Å². The fraction of sp³-hybridized carbons (Fsp3) is 0.714.